The second-order valence-electron chi connectivity index (χ2n) is 9.21. The summed E-state index contributed by atoms with van der Waals surface area (Å²) in [5.74, 6) is -0.901. The lowest BCUT2D eigenvalue weighted by Gasteiger charge is -2.33. The monoisotopic (exact) mass is 527 g/mol. The summed E-state index contributed by atoms with van der Waals surface area (Å²) in [5.41, 5.74) is 1.38. The van der Waals surface area contributed by atoms with Crippen molar-refractivity contribution in [2.45, 2.75) is 52.7 Å². The van der Waals surface area contributed by atoms with Crippen molar-refractivity contribution in [2.24, 2.45) is 0 Å². The predicted molar refractivity (Wildman–Crippen MR) is 138 cm³/mol. The molecule has 0 heterocycles. The number of anilines is 1. The van der Waals surface area contributed by atoms with E-state index in [2.05, 4.69) is 5.32 Å². The van der Waals surface area contributed by atoms with Crippen LogP contribution in [-0.4, -0.2) is 49.5 Å². The topological polar surface area (TPSA) is 86.8 Å². The zero-order valence-corrected chi connectivity index (χ0v) is 22.6. The van der Waals surface area contributed by atoms with Crippen molar-refractivity contribution in [1.82, 2.24) is 10.2 Å². The van der Waals surface area contributed by atoms with E-state index >= 15 is 0 Å². The molecule has 34 heavy (non-hydrogen) atoms. The van der Waals surface area contributed by atoms with Gasteiger partial charge in [0.25, 0.3) is 0 Å². The van der Waals surface area contributed by atoms with Gasteiger partial charge in [-0.2, -0.15) is 0 Å². The van der Waals surface area contributed by atoms with Crippen molar-refractivity contribution in [1.29, 1.82) is 0 Å². The molecule has 1 N–H and O–H groups in total. The third kappa shape index (κ3) is 7.35. The summed E-state index contributed by atoms with van der Waals surface area (Å²) < 4.78 is 26.2. The Morgan fingerprint density at radius 2 is 1.68 bits per heavy atom. The first-order valence-electron chi connectivity index (χ1n) is 10.7. The van der Waals surface area contributed by atoms with Crippen LogP contribution in [0.15, 0.2) is 42.5 Å². The minimum absolute atomic E-state index is 0.0198. The van der Waals surface area contributed by atoms with Gasteiger partial charge in [-0.3, -0.25) is 13.9 Å². The molecule has 0 unspecified atom stereocenters. The van der Waals surface area contributed by atoms with Gasteiger partial charge < -0.3 is 10.2 Å². The van der Waals surface area contributed by atoms with Crippen LogP contribution in [0.4, 0.5) is 5.69 Å². The van der Waals surface area contributed by atoms with Gasteiger partial charge in [0, 0.05) is 12.1 Å². The fourth-order valence-electron chi connectivity index (χ4n) is 3.31. The first kappa shape index (κ1) is 28.0. The Morgan fingerprint density at radius 3 is 2.24 bits per heavy atom. The van der Waals surface area contributed by atoms with Crippen LogP contribution in [0.5, 0.6) is 0 Å². The van der Waals surface area contributed by atoms with E-state index in [0.717, 1.165) is 21.7 Å². The summed E-state index contributed by atoms with van der Waals surface area (Å²) in [7, 11) is -3.90. The number of carbonyl (C=O) groups is 2. The molecular weight excluding hydrogens is 497 g/mol. The van der Waals surface area contributed by atoms with Gasteiger partial charge in [0.1, 0.15) is 12.6 Å². The maximum atomic E-state index is 13.6. The molecule has 0 aliphatic carbocycles. The van der Waals surface area contributed by atoms with E-state index in [1.54, 1.807) is 13.0 Å². The number of carbonyl (C=O) groups excluding carboxylic acids is 2. The van der Waals surface area contributed by atoms with Crippen molar-refractivity contribution in [3.05, 3.63) is 63.6 Å². The van der Waals surface area contributed by atoms with E-state index < -0.39 is 34.1 Å². The highest BCUT2D eigenvalue weighted by Gasteiger charge is 2.32. The maximum absolute atomic E-state index is 13.6. The minimum atomic E-state index is -3.90. The van der Waals surface area contributed by atoms with Crippen LogP contribution >= 0.6 is 23.2 Å². The van der Waals surface area contributed by atoms with Gasteiger partial charge in [0.15, 0.2) is 0 Å². The van der Waals surface area contributed by atoms with Crippen LogP contribution in [-0.2, 0) is 26.2 Å². The third-order valence-corrected chi connectivity index (χ3v) is 7.08. The third-order valence-electron chi connectivity index (χ3n) is 5.15. The molecule has 0 radical (unpaired) electrons. The molecule has 0 spiro atoms. The second kappa shape index (κ2) is 11.0. The van der Waals surface area contributed by atoms with Crippen LogP contribution in [0.1, 0.15) is 38.8 Å². The second-order valence-corrected chi connectivity index (χ2v) is 11.9. The van der Waals surface area contributed by atoms with Gasteiger partial charge in [-0.15, -0.1) is 0 Å². The molecule has 2 aromatic carbocycles. The van der Waals surface area contributed by atoms with Crippen LogP contribution in [0.3, 0.4) is 0 Å². The number of nitrogens with one attached hydrogen (secondary N) is 1. The van der Waals surface area contributed by atoms with Crippen molar-refractivity contribution in [3.63, 3.8) is 0 Å². The lowest BCUT2D eigenvalue weighted by atomic mass is 10.1. The Hall–Kier alpha value is -2.29. The van der Waals surface area contributed by atoms with E-state index in [-0.39, 0.29) is 28.2 Å². The number of hydrogen-bond acceptors (Lipinski definition) is 4. The average Bonchev–Trinajstić information content (AvgIpc) is 2.71. The zero-order chi connectivity index (χ0) is 25.8. The Balaban J connectivity index is 2.47. The Labute approximate surface area is 212 Å². The Morgan fingerprint density at radius 1 is 1.06 bits per heavy atom. The summed E-state index contributed by atoms with van der Waals surface area (Å²) in [6, 6.07) is 11.2. The van der Waals surface area contributed by atoms with Gasteiger partial charge in [-0.25, -0.2) is 8.42 Å². The molecule has 0 fully saturated rings. The standard InChI is InChI=1S/C24H31Cl2N3O4S/c1-16-10-7-8-11-18(16)14-28(17(2)23(31)27-24(3,4)5)21(30)15-29(34(6,32)33)20-13-9-12-19(25)22(20)26/h7-13,17H,14-15H2,1-6H3,(H,27,31)/t17-/m1/s1. The lowest BCUT2D eigenvalue weighted by molar-refractivity contribution is -0.140. The summed E-state index contributed by atoms with van der Waals surface area (Å²) >= 11 is 12.3. The minimum Gasteiger partial charge on any atom is -0.350 e. The summed E-state index contributed by atoms with van der Waals surface area (Å²) in [6.45, 7) is 8.65. The van der Waals surface area contributed by atoms with E-state index in [9.17, 15) is 18.0 Å². The highest BCUT2D eigenvalue weighted by Crippen LogP contribution is 2.33. The van der Waals surface area contributed by atoms with Crippen molar-refractivity contribution < 1.29 is 18.0 Å². The summed E-state index contributed by atoms with van der Waals surface area (Å²) in [4.78, 5) is 27.9. The van der Waals surface area contributed by atoms with E-state index in [0.29, 0.717) is 0 Å². The molecule has 0 aliphatic heterocycles. The average molecular weight is 529 g/mol. The number of rotatable bonds is 8. The van der Waals surface area contributed by atoms with E-state index in [1.165, 1.54) is 17.0 Å². The molecule has 1 atom stereocenters. The van der Waals surface area contributed by atoms with Crippen molar-refractivity contribution in [2.75, 3.05) is 17.1 Å². The highest BCUT2D eigenvalue weighted by atomic mass is 35.5. The molecule has 0 aromatic heterocycles. The fraction of sp³-hybridized carbons (Fsp3) is 0.417. The molecule has 7 nitrogen and oxygen atoms in total. The smallest absolute Gasteiger partial charge is 0.244 e. The Bertz CT molecular complexity index is 1160. The van der Waals surface area contributed by atoms with Gasteiger partial charge in [0.2, 0.25) is 21.8 Å². The van der Waals surface area contributed by atoms with E-state index in [4.69, 9.17) is 23.2 Å². The summed E-state index contributed by atoms with van der Waals surface area (Å²) in [6.07, 6.45) is 0.985. The largest absolute Gasteiger partial charge is 0.350 e. The number of hydrogen-bond donors (Lipinski definition) is 1. The predicted octanol–water partition coefficient (Wildman–Crippen LogP) is 4.40. The quantitative estimate of drug-likeness (QED) is 0.551. The van der Waals surface area contributed by atoms with Gasteiger partial charge in [-0.05, 0) is 57.9 Å². The molecule has 2 rings (SSSR count). The maximum Gasteiger partial charge on any atom is 0.244 e. The normalized spacial score (nSPS) is 12.7. The van der Waals surface area contributed by atoms with Gasteiger partial charge in [0.05, 0.1) is 22.0 Å². The number of halogens is 2. The number of amides is 2. The molecule has 10 heteroatoms. The molecule has 2 amide bonds. The lowest BCUT2D eigenvalue weighted by Crippen LogP contribution is -2.54. The molecule has 0 bridgehead atoms. The fourth-order valence-corrected chi connectivity index (χ4v) is 4.61. The van der Waals surface area contributed by atoms with Crippen LogP contribution in [0.25, 0.3) is 0 Å². The molecule has 2 aromatic rings. The SMILES string of the molecule is Cc1ccccc1CN(C(=O)CN(c1cccc(Cl)c1Cl)S(C)(=O)=O)[C@H](C)C(=O)NC(C)(C)C. The number of sulfonamides is 1. The van der Waals surface area contributed by atoms with E-state index in [1.807, 2.05) is 52.0 Å². The number of nitrogens with zero attached hydrogens (tertiary/aromatic N) is 2. The van der Waals surface area contributed by atoms with Crippen LogP contribution in [0, 0.1) is 6.92 Å². The van der Waals surface area contributed by atoms with Crippen molar-refractivity contribution in [3.8, 4) is 0 Å². The first-order chi connectivity index (χ1) is 15.6. The van der Waals surface area contributed by atoms with Gasteiger partial charge >= 0.3 is 0 Å². The zero-order valence-electron chi connectivity index (χ0n) is 20.2. The van der Waals surface area contributed by atoms with Gasteiger partial charge in [-0.1, -0.05) is 53.5 Å². The molecule has 0 aliphatic rings. The molecule has 0 saturated carbocycles. The van der Waals surface area contributed by atoms with Crippen molar-refractivity contribution >= 4 is 50.7 Å². The summed E-state index contributed by atoms with van der Waals surface area (Å²) in [5, 5.41) is 3.07. The number of benzene rings is 2. The van der Waals surface area contributed by atoms with Crippen LogP contribution < -0.4 is 9.62 Å². The molecule has 186 valence electrons. The Kier molecular flexibility index (Phi) is 9.02. The van der Waals surface area contributed by atoms with Crippen LogP contribution in [0.2, 0.25) is 10.0 Å². The molecule has 0 saturated heterocycles. The molecular formula is C24H31Cl2N3O4S. The number of aryl methyl sites for hydroxylation is 1. The highest BCUT2D eigenvalue weighted by molar-refractivity contribution is 7.92. The first-order valence-corrected chi connectivity index (χ1v) is 13.3.